The van der Waals surface area contributed by atoms with Crippen molar-refractivity contribution in [2.45, 2.75) is 6.42 Å². The van der Waals surface area contributed by atoms with Gasteiger partial charge in [-0.05, 0) is 29.2 Å². The molecule has 144 valence electrons. The molecule has 0 aromatic heterocycles. The highest BCUT2D eigenvalue weighted by atomic mass is 16.5. The second kappa shape index (κ2) is 8.10. The fourth-order valence-corrected chi connectivity index (χ4v) is 3.45. The molecule has 1 aliphatic heterocycles. The van der Waals surface area contributed by atoms with Crippen LogP contribution < -0.4 is 0 Å². The molecule has 0 saturated heterocycles. The molecule has 5 heteroatoms. The van der Waals surface area contributed by atoms with E-state index in [1.54, 1.807) is 30.3 Å². The first-order chi connectivity index (χ1) is 14.1. The van der Waals surface area contributed by atoms with Gasteiger partial charge < -0.3 is 4.74 Å². The Morgan fingerprint density at radius 1 is 0.862 bits per heavy atom. The van der Waals surface area contributed by atoms with E-state index < -0.39 is 5.97 Å². The predicted octanol–water partition coefficient (Wildman–Crippen LogP) is 4.08. The van der Waals surface area contributed by atoms with Crippen LogP contribution in [0.25, 0.3) is 16.8 Å². The van der Waals surface area contributed by atoms with Gasteiger partial charge in [-0.2, -0.15) is 0 Å². The van der Waals surface area contributed by atoms with Gasteiger partial charge in [-0.3, -0.25) is 19.3 Å². The summed E-state index contributed by atoms with van der Waals surface area (Å²) in [6.07, 6.45) is 3.57. The number of benzene rings is 3. The monoisotopic (exact) mass is 385 g/mol. The average Bonchev–Trinajstić information content (AvgIpc) is 2.75. The maximum atomic E-state index is 12.8. The number of esters is 1. The zero-order valence-electron chi connectivity index (χ0n) is 15.7. The maximum absolute atomic E-state index is 12.8. The van der Waals surface area contributed by atoms with Gasteiger partial charge >= 0.3 is 5.97 Å². The van der Waals surface area contributed by atoms with Crippen LogP contribution in [-0.2, 0) is 9.53 Å². The van der Waals surface area contributed by atoms with Crippen LogP contribution >= 0.6 is 0 Å². The van der Waals surface area contributed by atoms with Gasteiger partial charge in [0.2, 0.25) is 0 Å². The Balaban J connectivity index is 1.37. The highest BCUT2D eigenvalue weighted by molar-refractivity contribution is 6.25. The lowest BCUT2D eigenvalue weighted by molar-refractivity contribution is -0.142. The normalized spacial score (nSPS) is 13.3. The molecule has 0 N–H and O–H groups in total. The van der Waals surface area contributed by atoms with Crippen LogP contribution in [0.1, 0.15) is 32.7 Å². The summed E-state index contributed by atoms with van der Waals surface area (Å²) in [7, 11) is 0. The van der Waals surface area contributed by atoms with E-state index in [1.165, 1.54) is 0 Å². The Morgan fingerprint density at radius 2 is 1.52 bits per heavy atom. The van der Waals surface area contributed by atoms with E-state index in [9.17, 15) is 14.4 Å². The van der Waals surface area contributed by atoms with Gasteiger partial charge in [0.15, 0.2) is 0 Å². The summed E-state index contributed by atoms with van der Waals surface area (Å²) in [6, 6.07) is 20.4. The summed E-state index contributed by atoms with van der Waals surface area (Å²) in [5.74, 6) is -1.22. The van der Waals surface area contributed by atoms with Crippen molar-refractivity contribution in [2.75, 3.05) is 13.2 Å². The Morgan fingerprint density at radius 3 is 2.17 bits per heavy atom. The molecule has 0 aliphatic carbocycles. The Hall–Kier alpha value is -3.73. The van der Waals surface area contributed by atoms with Crippen LogP contribution in [-0.4, -0.2) is 35.8 Å². The number of carbonyl (C=O) groups is 3. The summed E-state index contributed by atoms with van der Waals surface area (Å²) in [5.41, 5.74) is 1.98. The molecule has 2 amide bonds. The van der Waals surface area contributed by atoms with Crippen molar-refractivity contribution >= 4 is 34.6 Å². The fourth-order valence-electron chi connectivity index (χ4n) is 3.45. The summed E-state index contributed by atoms with van der Waals surface area (Å²) in [6.45, 7) is 0.126. The Bertz CT molecular complexity index is 1070. The third-order valence-corrected chi connectivity index (χ3v) is 4.85. The lowest BCUT2D eigenvalue weighted by atomic mass is 9.94. The van der Waals surface area contributed by atoms with Crippen molar-refractivity contribution in [1.29, 1.82) is 0 Å². The van der Waals surface area contributed by atoms with Gasteiger partial charge in [0.05, 0.1) is 6.42 Å². The quantitative estimate of drug-likeness (QED) is 0.474. The Labute approximate surface area is 168 Å². The molecular weight excluding hydrogens is 366 g/mol. The van der Waals surface area contributed by atoms with Crippen LogP contribution in [0.5, 0.6) is 0 Å². The van der Waals surface area contributed by atoms with Crippen molar-refractivity contribution in [2.24, 2.45) is 0 Å². The van der Waals surface area contributed by atoms with Crippen LogP contribution in [0.3, 0.4) is 0 Å². The average molecular weight is 385 g/mol. The van der Waals surface area contributed by atoms with Crippen LogP contribution in [0, 0.1) is 0 Å². The van der Waals surface area contributed by atoms with Gasteiger partial charge in [0, 0.05) is 23.1 Å². The van der Waals surface area contributed by atoms with E-state index in [1.807, 2.05) is 48.5 Å². The van der Waals surface area contributed by atoms with Crippen molar-refractivity contribution < 1.29 is 19.1 Å². The lowest BCUT2D eigenvalue weighted by Gasteiger charge is -2.26. The number of ether oxygens (including phenoxy) is 1. The van der Waals surface area contributed by atoms with Gasteiger partial charge in [-0.1, -0.05) is 60.7 Å². The van der Waals surface area contributed by atoms with Gasteiger partial charge in [-0.25, -0.2) is 0 Å². The molecule has 0 saturated carbocycles. The number of amides is 2. The summed E-state index contributed by atoms with van der Waals surface area (Å²) in [5, 5.41) is 1.53. The van der Waals surface area contributed by atoms with Gasteiger partial charge in [0.1, 0.15) is 6.61 Å². The van der Waals surface area contributed by atoms with Gasteiger partial charge in [0.25, 0.3) is 11.8 Å². The first-order valence-corrected chi connectivity index (χ1v) is 9.40. The van der Waals surface area contributed by atoms with E-state index in [4.69, 9.17) is 4.74 Å². The van der Waals surface area contributed by atoms with E-state index in [-0.39, 0.29) is 31.4 Å². The molecule has 1 aliphatic rings. The number of nitrogens with zero attached hydrogens (tertiary/aromatic N) is 1. The molecule has 3 aromatic carbocycles. The topological polar surface area (TPSA) is 63.7 Å². The fraction of sp³-hybridized carbons (Fsp3) is 0.125. The zero-order valence-corrected chi connectivity index (χ0v) is 15.7. The highest BCUT2D eigenvalue weighted by Gasteiger charge is 2.32. The SMILES string of the molecule is O=C(CCN1C(=O)c2cccc3cccc(c23)C1=O)OC/C=C\c1ccccc1. The maximum Gasteiger partial charge on any atom is 0.307 e. The zero-order chi connectivity index (χ0) is 20.2. The molecule has 0 spiro atoms. The van der Waals surface area contributed by atoms with Crippen molar-refractivity contribution in [3.63, 3.8) is 0 Å². The van der Waals surface area contributed by atoms with Crippen LogP contribution in [0.15, 0.2) is 72.8 Å². The molecule has 0 unspecified atom stereocenters. The number of hydrogen-bond donors (Lipinski definition) is 0. The minimum Gasteiger partial charge on any atom is -0.461 e. The molecule has 0 radical (unpaired) electrons. The number of imide groups is 1. The molecule has 0 bridgehead atoms. The predicted molar refractivity (Wildman–Crippen MR) is 110 cm³/mol. The molecular formula is C24H19NO4. The second-order valence-corrected chi connectivity index (χ2v) is 6.72. The highest BCUT2D eigenvalue weighted by Crippen LogP contribution is 2.29. The molecule has 29 heavy (non-hydrogen) atoms. The van der Waals surface area contributed by atoms with E-state index >= 15 is 0 Å². The van der Waals surface area contributed by atoms with E-state index in [0.29, 0.717) is 16.5 Å². The smallest absolute Gasteiger partial charge is 0.307 e. The summed E-state index contributed by atoms with van der Waals surface area (Å²) in [4.78, 5) is 38.7. The minimum absolute atomic E-state index is 0.0103. The molecule has 5 nitrogen and oxygen atoms in total. The molecule has 1 heterocycles. The first kappa shape index (κ1) is 18.6. The lowest BCUT2D eigenvalue weighted by Crippen LogP contribution is -2.41. The number of hydrogen-bond acceptors (Lipinski definition) is 4. The largest absolute Gasteiger partial charge is 0.461 e. The third kappa shape index (κ3) is 3.80. The molecule has 3 aromatic rings. The van der Waals surface area contributed by atoms with E-state index in [2.05, 4.69) is 0 Å². The minimum atomic E-state index is -0.458. The summed E-state index contributed by atoms with van der Waals surface area (Å²) >= 11 is 0. The number of carbonyl (C=O) groups excluding carboxylic acids is 3. The van der Waals surface area contributed by atoms with Crippen molar-refractivity contribution in [3.8, 4) is 0 Å². The third-order valence-electron chi connectivity index (χ3n) is 4.85. The summed E-state index contributed by atoms with van der Waals surface area (Å²) < 4.78 is 5.18. The second-order valence-electron chi connectivity index (χ2n) is 6.72. The molecule has 4 rings (SSSR count). The standard InChI is InChI=1S/C24H19NO4/c26-21(29-16-6-9-17-7-2-1-3-8-17)14-15-25-23(27)19-12-4-10-18-11-5-13-20(22(18)19)24(25)28/h1-13H,14-16H2/b9-6-. The van der Waals surface area contributed by atoms with Crippen LogP contribution in [0.2, 0.25) is 0 Å². The van der Waals surface area contributed by atoms with Crippen molar-refractivity contribution in [3.05, 3.63) is 89.5 Å². The van der Waals surface area contributed by atoms with Crippen LogP contribution in [0.4, 0.5) is 0 Å². The van der Waals surface area contributed by atoms with E-state index in [0.717, 1.165) is 15.8 Å². The van der Waals surface area contributed by atoms with Gasteiger partial charge in [-0.15, -0.1) is 0 Å². The molecule has 0 atom stereocenters. The Kier molecular flexibility index (Phi) is 5.20. The molecule has 0 fully saturated rings. The number of rotatable bonds is 6. The first-order valence-electron chi connectivity index (χ1n) is 9.40. The van der Waals surface area contributed by atoms with Crippen molar-refractivity contribution in [1.82, 2.24) is 4.90 Å².